The highest BCUT2D eigenvalue weighted by Gasteiger charge is 2.18. The lowest BCUT2D eigenvalue weighted by molar-refractivity contribution is -0.125. The van der Waals surface area contributed by atoms with Crippen LogP contribution in [0.4, 0.5) is 0 Å². The first-order valence-electron chi connectivity index (χ1n) is 4.81. The predicted octanol–water partition coefficient (Wildman–Crippen LogP) is 0.840. The third-order valence-electron chi connectivity index (χ3n) is 2.21. The fourth-order valence-corrected chi connectivity index (χ4v) is 1.42. The van der Waals surface area contributed by atoms with Crippen molar-refractivity contribution in [1.29, 1.82) is 0 Å². The number of nitrogens with one attached hydrogen (secondary N) is 1. The normalized spacial score (nSPS) is 24.0. The number of carbonyl (C=O) groups excluding carboxylic acids is 1. The van der Waals surface area contributed by atoms with E-state index in [0.29, 0.717) is 6.54 Å². The average molecular weight is 183 g/mol. The Kier molecular flexibility index (Phi) is 3.96. The molecule has 0 heterocycles. The Morgan fingerprint density at radius 3 is 3.00 bits per heavy atom. The molecule has 0 aromatic carbocycles. The van der Waals surface area contributed by atoms with Gasteiger partial charge in [-0.05, 0) is 26.2 Å². The van der Waals surface area contributed by atoms with Crippen molar-refractivity contribution >= 4 is 5.91 Å². The zero-order chi connectivity index (χ0) is 9.68. The van der Waals surface area contributed by atoms with Crippen LogP contribution in [0.15, 0.2) is 12.2 Å². The first kappa shape index (κ1) is 10.3. The second-order valence-corrected chi connectivity index (χ2v) is 3.58. The summed E-state index contributed by atoms with van der Waals surface area (Å²) in [5, 5.41) is 11.7. The molecule has 0 saturated carbocycles. The van der Waals surface area contributed by atoms with Crippen LogP contribution in [0.2, 0.25) is 0 Å². The Balaban J connectivity index is 2.26. The van der Waals surface area contributed by atoms with E-state index >= 15 is 0 Å². The second-order valence-electron chi connectivity index (χ2n) is 3.58. The van der Waals surface area contributed by atoms with Gasteiger partial charge in [-0.1, -0.05) is 12.2 Å². The molecule has 0 saturated heterocycles. The smallest absolute Gasteiger partial charge is 0.223 e. The summed E-state index contributed by atoms with van der Waals surface area (Å²) in [6.07, 6.45) is 6.47. The van der Waals surface area contributed by atoms with Gasteiger partial charge in [0.25, 0.3) is 0 Å². The quantitative estimate of drug-likeness (QED) is 0.637. The number of hydrogen-bond acceptors (Lipinski definition) is 2. The maximum atomic E-state index is 11.4. The summed E-state index contributed by atoms with van der Waals surface area (Å²) in [6.45, 7) is 2.03. The largest absolute Gasteiger partial charge is 0.392 e. The minimum Gasteiger partial charge on any atom is -0.392 e. The zero-order valence-corrected chi connectivity index (χ0v) is 7.99. The number of rotatable bonds is 3. The lowest BCUT2D eigenvalue weighted by Crippen LogP contribution is -2.35. The van der Waals surface area contributed by atoms with Crippen molar-refractivity contribution in [3.63, 3.8) is 0 Å². The van der Waals surface area contributed by atoms with E-state index in [4.69, 9.17) is 5.11 Å². The molecule has 0 radical (unpaired) electrons. The monoisotopic (exact) mass is 183 g/mol. The maximum absolute atomic E-state index is 11.4. The topological polar surface area (TPSA) is 49.3 Å². The van der Waals surface area contributed by atoms with E-state index in [2.05, 4.69) is 17.5 Å². The fourth-order valence-electron chi connectivity index (χ4n) is 1.42. The maximum Gasteiger partial charge on any atom is 0.223 e. The molecular formula is C10H17NO2. The summed E-state index contributed by atoms with van der Waals surface area (Å²) in [4.78, 5) is 11.4. The Bertz CT molecular complexity index is 199. The molecule has 1 aliphatic carbocycles. The minimum absolute atomic E-state index is 0.0743. The molecule has 1 aliphatic rings. The van der Waals surface area contributed by atoms with Crippen molar-refractivity contribution < 1.29 is 9.90 Å². The number of aliphatic hydroxyl groups excluding tert-OH is 1. The van der Waals surface area contributed by atoms with Gasteiger partial charge in [0.1, 0.15) is 0 Å². The standard InChI is InChI=1S/C10H17NO2/c1-8(12)7-11-10(13)9-5-3-2-4-6-9/h2-3,8-9,12H,4-7H2,1H3,(H,11,13)/t8-,9?/m0/s1. The molecule has 2 N–H and O–H groups in total. The molecule has 2 atom stereocenters. The van der Waals surface area contributed by atoms with Gasteiger partial charge in [0, 0.05) is 12.5 Å². The highest BCUT2D eigenvalue weighted by atomic mass is 16.3. The van der Waals surface area contributed by atoms with Gasteiger partial charge >= 0.3 is 0 Å². The second kappa shape index (κ2) is 5.02. The van der Waals surface area contributed by atoms with E-state index in [0.717, 1.165) is 19.3 Å². The number of amides is 1. The molecule has 1 amide bonds. The molecule has 3 nitrogen and oxygen atoms in total. The minimum atomic E-state index is -0.455. The van der Waals surface area contributed by atoms with Crippen LogP contribution in [0.5, 0.6) is 0 Å². The summed E-state index contributed by atoms with van der Waals surface area (Å²) in [6, 6.07) is 0. The molecule has 0 aliphatic heterocycles. The van der Waals surface area contributed by atoms with E-state index in [1.165, 1.54) is 0 Å². The van der Waals surface area contributed by atoms with Crippen molar-refractivity contribution in [3.05, 3.63) is 12.2 Å². The molecule has 13 heavy (non-hydrogen) atoms. The highest BCUT2D eigenvalue weighted by molar-refractivity contribution is 5.78. The highest BCUT2D eigenvalue weighted by Crippen LogP contribution is 2.17. The van der Waals surface area contributed by atoms with Gasteiger partial charge in [-0.15, -0.1) is 0 Å². The fraction of sp³-hybridized carbons (Fsp3) is 0.700. The SMILES string of the molecule is C[C@H](O)CNC(=O)C1CC=CCC1. The van der Waals surface area contributed by atoms with Crippen molar-refractivity contribution in [3.8, 4) is 0 Å². The van der Waals surface area contributed by atoms with E-state index in [9.17, 15) is 4.79 Å². The van der Waals surface area contributed by atoms with Gasteiger partial charge < -0.3 is 10.4 Å². The predicted molar refractivity (Wildman–Crippen MR) is 51.2 cm³/mol. The molecule has 0 bridgehead atoms. The molecule has 0 spiro atoms. The van der Waals surface area contributed by atoms with Gasteiger partial charge in [-0.25, -0.2) is 0 Å². The van der Waals surface area contributed by atoms with Crippen LogP contribution in [0.25, 0.3) is 0 Å². The first-order valence-corrected chi connectivity index (χ1v) is 4.81. The van der Waals surface area contributed by atoms with Crippen molar-refractivity contribution in [1.82, 2.24) is 5.32 Å². The van der Waals surface area contributed by atoms with Crippen LogP contribution in [0.1, 0.15) is 26.2 Å². The number of carbonyl (C=O) groups is 1. The molecule has 0 aromatic rings. The molecule has 1 unspecified atom stereocenters. The van der Waals surface area contributed by atoms with Gasteiger partial charge in [-0.3, -0.25) is 4.79 Å². The van der Waals surface area contributed by atoms with Gasteiger partial charge in [-0.2, -0.15) is 0 Å². The lowest BCUT2D eigenvalue weighted by atomic mass is 9.94. The Labute approximate surface area is 78.8 Å². The van der Waals surface area contributed by atoms with Crippen molar-refractivity contribution in [2.75, 3.05) is 6.54 Å². The van der Waals surface area contributed by atoms with Gasteiger partial charge in [0.05, 0.1) is 6.10 Å². The third-order valence-corrected chi connectivity index (χ3v) is 2.21. The van der Waals surface area contributed by atoms with Gasteiger partial charge in [0.15, 0.2) is 0 Å². The summed E-state index contributed by atoms with van der Waals surface area (Å²) in [7, 11) is 0. The summed E-state index contributed by atoms with van der Waals surface area (Å²) in [5.74, 6) is 0.189. The van der Waals surface area contributed by atoms with Crippen LogP contribution >= 0.6 is 0 Å². The Hall–Kier alpha value is -0.830. The van der Waals surface area contributed by atoms with Crippen LogP contribution in [-0.2, 0) is 4.79 Å². The molecular weight excluding hydrogens is 166 g/mol. The lowest BCUT2D eigenvalue weighted by Gasteiger charge is -2.17. The number of hydrogen-bond donors (Lipinski definition) is 2. The van der Waals surface area contributed by atoms with Crippen LogP contribution in [0.3, 0.4) is 0 Å². The Morgan fingerprint density at radius 1 is 1.69 bits per heavy atom. The molecule has 1 rings (SSSR count). The Morgan fingerprint density at radius 2 is 2.46 bits per heavy atom. The van der Waals surface area contributed by atoms with Crippen molar-refractivity contribution in [2.45, 2.75) is 32.3 Å². The molecule has 74 valence electrons. The van der Waals surface area contributed by atoms with Crippen molar-refractivity contribution in [2.24, 2.45) is 5.92 Å². The van der Waals surface area contributed by atoms with E-state index < -0.39 is 6.10 Å². The van der Waals surface area contributed by atoms with Crippen LogP contribution < -0.4 is 5.32 Å². The van der Waals surface area contributed by atoms with E-state index in [1.807, 2.05) is 0 Å². The van der Waals surface area contributed by atoms with Crippen LogP contribution in [0, 0.1) is 5.92 Å². The average Bonchev–Trinajstić information content (AvgIpc) is 2.15. The van der Waals surface area contributed by atoms with E-state index in [1.54, 1.807) is 6.92 Å². The summed E-state index contributed by atoms with van der Waals surface area (Å²) < 4.78 is 0. The summed E-state index contributed by atoms with van der Waals surface area (Å²) in [5.41, 5.74) is 0. The third kappa shape index (κ3) is 3.59. The summed E-state index contributed by atoms with van der Waals surface area (Å²) >= 11 is 0. The van der Waals surface area contributed by atoms with Crippen LogP contribution in [-0.4, -0.2) is 23.7 Å². The van der Waals surface area contributed by atoms with E-state index in [-0.39, 0.29) is 11.8 Å². The number of allylic oxidation sites excluding steroid dienone is 2. The van der Waals surface area contributed by atoms with Gasteiger partial charge in [0.2, 0.25) is 5.91 Å². The number of aliphatic hydroxyl groups is 1. The molecule has 0 aromatic heterocycles. The molecule has 3 heteroatoms. The molecule has 0 fully saturated rings. The first-order chi connectivity index (χ1) is 6.20. The zero-order valence-electron chi connectivity index (χ0n) is 7.99.